The monoisotopic (exact) mass is 487 g/mol. The van der Waals surface area contributed by atoms with E-state index in [0.29, 0.717) is 21.2 Å². The molecule has 0 heterocycles. The summed E-state index contributed by atoms with van der Waals surface area (Å²) < 4.78 is 2.59. The van der Waals surface area contributed by atoms with Crippen LogP contribution < -0.4 is 21.2 Å². The van der Waals surface area contributed by atoms with Crippen molar-refractivity contribution in [1.29, 1.82) is 0 Å². The van der Waals surface area contributed by atoms with E-state index < -0.39 is 0 Å². The fourth-order valence-corrected chi connectivity index (χ4v) is 7.14. The molecule has 0 bridgehead atoms. The number of halogens is 1. The molecule has 166 valence electrons. The molecule has 0 aromatic rings. The zero-order chi connectivity index (χ0) is 11.7. The normalized spacial score (nSPS) is 11.5. The minimum atomic E-state index is 0. The van der Waals surface area contributed by atoms with Crippen molar-refractivity contribution in [2.45, 2.75) is 118 Å². The zero-order valence-corrected chi connectivity index (χ0v) is 14.3. The van der Waals surface area contributed by atoms with Crippen molar-refractivity contribution in [3.05, 3.63) is 0 Å². The number of hydrogen-bond donors (Lipinski definition) is 0. The maximum atomic E-state index is 2.47. The first-order valence-electron chi connectivity index (χ1n) is 6.43. The van der Waals surface area contributed by atoms with Crippen molar-refractivity contribution in [3.8, 4) is 0 Å². The van der Waals surface area contributed by atoms with Crippen molar-refractivity contribution in [1.82, 2.24) is 0 Å². The van der Waals surface area contributed by atoms with Gasteiger partial charge < -0.3 is 0 Å². The van der Waals surface area contributed by atoms with Gasteiger partial charge in [0.2, 0.25) is 0 Å². The number of alkyl halides is 2. The fourth-order valence-electron chi connectivity index (χ4n) is 2.20. The molecule has 0 radical (unpaired) electrons. The molecule has 0 nitrogen and oxygen atoms in total. The first kappa shape index (κ1) is 63.9. The second-order valence-corrected chi connectivity index (χ2v) is 9.50. The van der Waals surface area contributed by atoms with E-state index in [2.05, 4.69) is 34.4 Å². The molecule has 0 aliphatic rings. The molecule has 0 amide bonds. The van der Waals surface area contributed by atoms with Crippen LogP contribution in [0.2, 0.25) is 0 Å². The molecule has 0 saturated heterocycles. The molecule has 0 aromatic heterocycles. The zero-order valence-electron chi connectivity index (χ0n) is 11.1. The predicted octanol–water partition coefficient (Wildman–Crippen LogP) is 6.96. The summed E-state index contributed by atoms with van der Waals surface area (Å²) in [5.41, 5.74) is 0. The van der Waals surface area contributed by atoms with Gasteiger partial charge >= 0.3 is 110 Å². The van der Waals surface area contributed by atoms with Gasteiger partial charge in [0.25, 0.3) is 0 Å². The topological polar surface area (TPSA) is 0 Å². The molecular weight excluding hydrogens is 422 g/mol. The van der Waals surface area contributed by atoms with Crippen LogP contribution in [0.4, 0.5) is 0 Å². The molecular formula is C22H65IP-. The molecule has 4 atom stereocenters. The van der Waals surface area contributed by atoms with Crippen LogP contribution in [-0.2, 0) is 0 Å². The van der Waals surface area contributed by atoms with Gasteiger partial charge in [-0.2, -0.15) is 0 Å². The Morgan fingerprint density at radius 3 is 1.42 bits per heavy atom. The summed E-state index contributed by atoms with van der Waals surface area (Å²) >= 11 is 0.468. The Morgan fingerprint density at radius 1 is 0.750 bits per heavy atom. The van der Waals surface area contributed by atoms with E-state index in [4.69, 9.17) is 0 Å². The van der Waals surface area contributed by atoms with Gasteiger partial charge in [-0.15, -0.1) is 0 Å². The third kappa shape index (κ3) is 28.0. The quantitative estimate of drug-likeness (QED) is 0.187. The second-order valence-electron chi connectivity index (χ2n) is 4.29. The van der Waals surface area contributed by atoms with E-state index in [1.807, 2.05) is 0 Å². The first-order chi connectivity index (χ1) is 7.21. The predicted molar refractivity (Wildman–Crippen MR) is 132 cm³/mol. The van der Waals surface area contributed by atoms with Crippen molar-refractivity contribution < 1.29 is 21.2 Å². The summed E-state index contributed by atoms with van der Waals surface area (Å²) in [7, 11) is 1.16. The molecule has 0 aromatic carbocycles. The van der Waals surface area contributed by atoms with Crippen LogP contribution in [0, 0.1) is 11.8 Å². The Labute approximate surface area is 176 Å². The summed E-state index contributed by atoms with van der Waals surface area (Å²) in [4.78, 5) is 0. The van der Waals surface area contributed by atoms with Crippen LogP contribution in [-0.4, -0.2) is 21.2 Å². The van der Waals surface area contributed by atoms with Gasteiger partial charge in [-0.25, -0.2) is 0 Å². The summed E-state index contributed by atoms with van der Waals surface area (Å²) in [5.74, 6) is 1.98. The Kier molecular flexibility index (Phi) is 117. The van der Waals surface area contributed by atoms with Crippen molar-refractivity contribution in [2.75, 3.05) is 17.3 Å². The summed E-state index contributed by atoms with van der Waals surface area (Å²) in [5, 5.41) is 0. The molecule has 0 fully saturated rings. The molecule has 0 aliphatic carbocycles. The van der Waals surface area contributed by atoms with Crippen LogP contribution >= 0.6 is 8.58 Å². The third-order valence-corrected chi connectivity index (χ3v) is 7.68. The summed E-state index contributed by atoms with van der Waals surface area (Å²) in [6.45, 7) is 12.0. The SMILES string of the molecule is C.C.C.C.C.C.C.C.C.CC[I-]C(CCPC)C(CC)C(C)CC. The second kappa shape index (κ2) is 44.0. The van der Waals surface area contributed by atoms with Gasteiger partial charge in [-0.1, -0.05) is 66.8 Å². The average molecular weight is 488 g/mol. The van der Waals surface area contributed by atoms with Crippen LogP contribution in [0.1, 0.15) is 114 Å². The Bertz CT molecular complexity index is 140. The number of rotatable bonds is 9. The Morgan fingerprint density at radius 2 is 1.17 bits per heavy atom. The summed E-state index contributed by atoms with van der Waals surface area (Å²) in [6, 6.07) is 0. The Balaban J connectivity index is -0.0000000272. The van der Waals surface area contributed by atoms with E-state index in [-0.39, 0.29) is 66.8 Å². The summed E-state index contributed by atoms with van der Waals surface area (Å²) in [6.07, 6.45) is 5.79. The van der Waals surface area contributed by atoms with E-state index >= 15 is 0 Å². The third-order valence-electron chi connectivity index (χ3n) is 3.33. The van der Waals surface area contributed by atoms with Gasteiger partial charge in [0.1, 0.15) is 0 Å². The standard InChI is InChI=1S/C13H29IP.9CH4/c1-6-11(4)12(7-2)13(14-8-3)9-10-15-5;;;;;;;;;/h11-13,15H,6-10H2,1-5H3;9*1H4/q-1;;;;;;;;;. The molecule has 0 aliphatic heterocycles. The van der Waals surface area contributed by atoms with E-state index in [1.54, 1.807) is 0 Å². The minimum absolute atomic E-state index is 0. The van der Waals surface area contributed by atoms with Crippen LogP contribution in [0.5, 0.6) is 0 Å². The average Bonchev–Trinajstić information content (AvgIpc) is 2.26. The van der Waals surface area contributed by atoms with Crippen molar-refractivity contribution in [2.24, 2.45) is 11.8 Å². The van der Waals surface area contributed by atoms with Gasteiger partial charge in [0, 0.05) is 0 Å². The van der Waals surface area contributed by atoms with Crippen molar-refractivity contribution >= 4 is 8.58 Å². The maximum absolute atomic E-state index is 2.47. The Hall–Kier alpha value is 1.16. The van der Waals surface area contributed by atoms with E-state index in [9.17, 15) is 0 Å². The van der Waals surface area contributed by atoms with Gasteiger partial charge in [-0.05, 0) is 0 Å². The van der Waals surface area contributed by atoms with Crippen LogP contribution in [0.3, 0.4) is 0 Å². The van der Waals surface area contributed by atoms with E-state index in [0.717, 1.165) is 24.3 Å². The van der Waals surface area contributed by atoms with E-state index in [1.165, 1.54) is 29.9 Å². The molecule has 2 heteroatoms. The van der Waals surface area contributed by atoms with Gasteiger partial charge in [0.05, 0.1) is 0 Å². The molecule has 4 unspecified atom stereocenters. The molecule has 0 rings (SSSR count). The fraction of sp³-hybridized carbons (Fsp3) is 1.00. The van der Waals surface area contributed by atoms with Gasteiger partial charge in [-0.3, -0.25) is 0 Å². The number of hydrogen-bond acceptors (Lipinski definition) is 0. The molecule has 0 spiro atoms. The van der Waals surface area contributed by atoms with Crippen molar-refractivity contribution in [3.63, 3.8) is 0 Å². The van der Waals surface area contributed by atoms with Crippen LogP contribution in [0.15, 0.2) is 0 Å². The molecule has 24 heavy (non-hydrogen) atoms. The van der Waals surface area contributed by atoms with Gasteiger partial charge in [0.15, 0.2) is 0 Å². The first-order valence-corrected chi connectivity index (χ1v) is 10.9. The molecule has 0 saturated carbocycles. The van der Waals surface area contributed by atoms with Crippen LogP contribution in [0.25, 0.3) is 0 Å². The molecule has 0 N–H and O–H groups in total.